The number of esters is 1. The lowest BCUT2D eigenvalue weighted by Gasteiger charge is -2.40. The Hall–Kier alpha value is -0.570. The maximum Gasteiger partial charge on any atom is 0.313 e. The minimum atomic E-state index is -0.222. The molecule has 0 aromatic heterocycles. The van der Waals surface area contributed by atoms with E-state index in [0.29, 0.717) is 5.41 Å². The Morgan fingerprint density at radius 1 is 1.26 bits per heavy atom. The Morgan fingerprint density at radius 2 is 1.89 bits per heavy atom. The Balaban J connectivity index is 1.80. The van der Waals surface area contributed by atoms with Crippen LogP contribution >= 0.6 is 0 Å². The molecule has 110 valence electrons. The molecule has 0 amide bonds. The summed E-state index contributed by atoms with van der Waals surface area (Å²) in [7, 11) is 1.50. The number of carbonyl (C=O) groups excluding carboxylic acids is 1. The fourth-order valence-electron chi connectivity index (χ4n) is 3.75. The van der Waals surface area contributed by atoms with Crippen LogP contribution in [0.25, 0.3) is 0 Å². The topological polar surface area (TPSA) is 38.3 Å². The van der Waals surface area contributed by atoms with Gasteiger partial charge in [0.2, 0.25) is 0 Å². The van der Waals surface area contributed by atoms with Gasteiger partial charge >= 0.3 is 5.97 Å². The number of carbonyl (C=O) groups is 1. The zero-order valence-corrected chi connectivity index (χ0v) is 12.8. The van der Waals surface area contributed by atoms with Crippen molar-refractivity contribution in [3.05, 3.63) is 0 Å². The Labute approximate surface area is 117 Å². The van der Waals surface area contributed by atoms with Gasteiger partial charge < -0.3 is 10.1 Å². The summed E-state index contributed by atoms with van der Waals surface area (Å²) in [5, 5.41) is 3.56. The van der Waals surface area contributed by atoms with Gasteiger partial charge in [0, 0.05) is 13.1 Å². The number of hydrogen-bond acceptors (Lipinski definition) is 3. The summed E-state index contributed by atoms with van der Waals surface area (Å²) in [6.45, 7) is 6.52. The first-order valence-electron chi connectivity index (χ1n) is 7.79. The van der Waals surface area contributed by atoms with Crippen molar-refractivity contribution in [1.82, 2.24) is 5.32 Å². The molecule has 0 saturated heterocycles. The van der Waals surface area contributed by atoms with Gasteiger partial charge in [0.05, 0.1) is 12.5 Å². The third-order valence-corrected chi connectivity index (χ3v) is 5.43. The van der Waals surface area contributed by atoms with E-state index >= 15 is 0 Å². The van der Waals surface area contributed by atoms with Crippen molar-refractivity contribution >= 4 is 5.97 Å². The molecule has 0 radical (unpaired) electrons. The molecular weight excluding hydrogens is 238 g/mol. The van der Waals surface area contributed by atoms with Crippen LogP contribution in [0, 0.1) is 16.7 Å². The van der Waals surface area contributed by atoms with Crippen LogP contribution < -0.4 is 5.32 Å². The zero-order chi connectivity index (χ0) is 13.9. The van der Waals surface area contributed by atoms with Crippen LogP contribution in [-0.2, 0) is 9.53 Å². The third-order valence-electron chi connectivity index (χ3n) is 5.43. The van der Waals surface area contributed by atoms with Crippen LogP contribution in [0.3, 0.4) is 0 Å². The molecule has 3 heteroatoms. The van der Waals surface area contributed by atoms with E-state index in [4.69, 9.17) is 4.74 Å². The van der Waals surface area contributed by atoms with Gasteiger partial charge in [-0.25, -0.2) is 0 Å². The van der Waals surface area contributed by atoms with E-state index in [1.54, 1.807) is 0 Å². The van der Waals surface area contributed by atoms with Gasteiger partial charge in [-0.2, -0.15) is 0 Å². The van der Waals surface area contributed by atoms with Crippen molar-refractivity contribution < 1.29 is 9.53 Å². The highest BCUT2D eigenvalue weighted by Crippen LogP contribution is 2.42. The number of hydrogen-bond donors (Lipinski definition) is 1. The molecule has 0 aromatic rings. The summed E-state index contributed by atoms with van der Waals surface area (Å²) < 4.78 is 4.96. The monoisotopic (exact) mass is 267 g/mol. The quantitative estimate of drug-likeness (QED) is 0.751. The Kier molecular flexibility index (Phi) is 4.54. The molecular formula is C16H29NO2. The highest BCUT2D eigenvalue weighted by atomic mass is 16.5. The van der Waals surface area contributed by atoms with Gasteiger partial charge in [0.1, 0.15) is 0 Å². The molecule has 2 fully saturated rings. The van der Waals surface area contributed by atoms with E-state index in [2.05, 4.69) is 19.2 Å². The maximum absolute atomic E-state index is 11.9. The molecule has 19 heavy (non-hydrogen) atoms. The van der Waals surface area contributed by atoms with E-state index in [0.717, 1.165) is 38.3 Å². The maximum atomic E-state index is 11.9. The van der Waals surface area contributed by atoms with Crippen LogP contribution in [0.5, 0.6) is 0 Å². The first kappa shape index (κ1) is 14.8. The summed E-state index contributed by atoms with van der Waals surface area (Å²) >= 11 is 0. The van der Waals surface area contributed by atoms with Crippen LogP contribution in [-0.4, -0.2) is 26.2 Å². The minimum absolute atomic E-state index is 0.0232. The third kappa shape index (κ3) is 3.13. The largest absolute Gasteiger partial charge is 0.469 e. The molecule has 0 bridgehead atoms. The number of methoxy groups -OCH3 is 1. The minimum Gasteiger partial charge on any atom is -0.469 e. The second-order valence-electron chi connectivity index (χ2n) is 7.20. The van der Waals surface area contributed by atoms with Crippen molar-refractivity contribution in [2.75, 3.05) is 20.2 Å². The normalized spacial score (nSPS) is 23.1. The van der Waals surface area contributed by atoms with Gasteiger partial charge in [-0.1, -0.05) is 33.1 Å². The summed E-state index contributed by atoms with van der Waals surface area (Å²) in [5.41, 5.74) is 0.123. The Bertz CT molecular complexity index is 315. The molecule has 2 aliphatic rings. The molecule has 0 unspecified atom stereocenters. The fraction of sp³-hybridized carbons (Fsp3) is 0.938. The van der Waals surface area contributed by atoms with Crippen molar-refractivity contribution in [2.45, 2.75) is 58.8 Å². The molecule has 0 spiro atoms. The number of ether oxygens (including phenoxy) is 1. The SMILES string of the molecule is COC(=O)C1(CNCC(C)(C)C2CCCC2)CCC1. The average molecular weight is 267 g/mol. The predicted molar refractivity (Wildman–Crippen MR) is 76.9 cm³/mol. The van der Waals surface area contributed by atoms with E-state index in [1.807, 2.05) is 0 Å². The van der Waals surface area contributed by atoms with Crippen molar-refractivity contribution in [3.8, 4) is 0 Å². The second-order valence-corrected chi connectivity index (χ2v) is 7.20. The van der Waals surface area contributed by atoms with Gasteiger partial charge in [-0.15, -0.1) is 0 Å². The lowest BCUT2D eigenvalue weighted by atomic mass is 9.68. The van der Waals surface area contributed by atoms with E-state index in [9.17, 15) is 4.79 Å². The van der Waals surface area contributed by atoms with Gasteiger partial charge in [0.15, 0.2) is 0 Å². The molecule has 0 aromatic carbocycles. The lowest BCUT2D eigenvalue weighted by Crippen LogP contribution is -2.49. The summed E-state index contributed by atoms with van der Waals surface area (Å²) in [6, 6.07) is 0. The van der Waals surface area contributed by atoms with E-state index in [-0.39, 0.29) is 11.4 Å². The lowest BCUT2D eigenvalue weighted by molar-refractivity contribution is -0.158. The smallest absolute Gasteiger partial charge is 0.313 e. The molecule has 2 aliphatic carbocycles. The summed E-state index contributed by atoms with van der Waals surface area (Å²) in [4.78, 5) is 11.9. The van der Waals surface area contributed by atoms with Gasteiger partial charge in [-0.05, 0) is 37.0 Å². The first-order chi connectivity index (χ1) is 9.00. The summed E-state index contributed by atoms with van der Waals surface area (Å²) in [5.74, 6) is 0.820. The highest BCUT2D eigenvalue weighted by molar-refractivity contribution is 5.78. The fourth-order valence-corrected chi connectivity index (χ4v) is 3.75. The summed E-state index contributed by atoms with van der Waals surface area (Å²) in [6.07, 6.45) is 8.64. The van der Waals surface area contributed by atoms with Crippen molar-refractivity contribution in [1.29, 1.82) is 0 Å². The molecule has 2 rings (SSSR count). The van der Waals surface area contributed by atoms with Crippen LogP contribution in [0.15, 0.2) is 0 Å². The molecule has 0 heterocycles. The van der Waals surface area contributed by atoms with E-state index in [1.165, 1.54) is 32.8 Å². The molecule has 3 nitrogen and oxygen atoms in total. The van der Waals surface area contributed by atoms with Crippen LogP contribution in [0.1, 0.15) is 58.8 Å². The van der Waals surface area contributed by atoms with Gasteiger partial charge in [-0.3, -0.25) is 4.79 Å². The van der Waals surface area contributed by atoms with Gasteiger partial charge in [0.25, 0.3) is 0 Å². The average Bonchev–Trinajstić information content (AvgIpc) is 2.86. The van der Waals surface area contributed by atoms with Crippen LogP contribution in [0.4, 0.5) is 0 Å². The number of rotatable bonds is 6. The Morgan fingerprint density at radius 3 is 2.37 bits per heavy atom. The highest BCUT2D eigenvalue weighted by Gasteiger charge is 2.45. The predicted octanol–water partition coefficient (Wildman–Crippen LogP) is 3.14. The molecule has 0 atom stereocenters. The number of nitrogens with one attached hydrogen (secondary N) is 1. The van der Waals surface area contributed by atoms with E-state index < -0.39 is 0 Å². The van der Waals surface area contributed by atoms with Crippen molar-refractivity contribution in [3.63, 3.8) is 0 Å². The van der Waals surface area contributed by atoms with Crippen molar-refractivity contribution in [2.24, 2.45) is 16.7 Å². The molecule has 2 saturated carbocycles. The second kappa shape index (κ2) is 5.82. The van der Waals surface area contributed by atoms with Crippen LogP contribution in [0.2, 0.25) is 0 Å². The molecule has 0 aliphatic heterocycles. The zero-order valence-electron chi connectivity index (χ0n) is 12.8. The first-order valence-corrected chi connectivity index (χ1v) is 7.79. The standard InChI is InChI=1S/C16H29NO2/c1-15(2,13-7-4-5-8-13)11-17-12-16(9-6-10-16)14(18)19-3/h13,17H,4-12H2,1-3H3. The molecule has 1 N–H and O–H groups in total.